The lowest BCUT2D eigenvalue weighted by atomic mass is 10.2. The summed E-state index contributed by atoms with van der Waals surface area (Å²) in [7, 11) is 0. The average Bonchev–Trinajstić information content (AvgIpc) is 4.12. The Kier molecular flexibility index (Phi) is 11.1. The van der Waals surface area contributed by atoms with E-state index in [-0.39, 0.29) is 23.5 Å². The van der Waals surface area contributed by atoms with Crippen LogP contribution in [-0.4, -0.2) is 71.8 Å². The molecule has 0 bridgehead atoms. The predicted octanol–water partition coefficient (Wildman–Crippen LogP) is 8.48. The van der Waals surface area contributed by atoms with Gasteiger partial charge in [0.1, 0.15) is 17.4 Å². The van der Waals surface area contributed by atoms with E-state index in [0.29, 0.717) is 84.6 Å². The number of nitrogens with zero attached hydrogens (tertiary/aromatic N) is 6. The topological polar surface area (TPSA) is 171 Å². The van der Waals surface area contributed by atoms with E-state index in [1.165, 1.54) is 4.88 Å². The van der Waals surface area contributed by atoms with Crippen LogP contribution in [0.2, 0.25) is 5.02 Å². The van der Waals surface area contributed by atoms with Crippen LogP contribution in [0.15, 0.2) is 108 Å². The molecule has 8 heterocycles. The molecule has 3 N–H and O–H groups in total. The van der Waals surface area contributed by atoms with E-state index in [2.05, 4.69) is 49.1 Å². The minimum atomic E-state index is -0.0722. The molecule has 3 amide bonds. The van der Waals surface area contributed by atoms with Crippen molar-refractivity contribution in [1.82, 2.24) is 44.6 Å². The minimum Gasteiger partial charge on any atom is -0.453 e. The number of benzene rings is 4. The second-order valence-corrected chi connectivity index (χ2v) is 17.6. The smallest absolute Gasteiger partial charge is 0.253 e. The van der Waals surface area contributed by atoms with Gasteiger partial charge in [-0.1, -0.05) is 41.9 Å². The van der Waals surface area contributed by atoms with Gasteiger partial charge in [-0.25, -0.2) is 15.0 Å². The normalized spacial score (nSPS) is 14.0. The van der Waals surface area contributed by atoms with E-state index >= 15 is 0 Å². The van der Waals surface area contributed by atoms with Crippen molar-refractivity contribution < 1.29 is 23.6 Å². The van der Waals surface area contributed by atoms with Gasteiger partial charge in [0, 0.05) is 62.6 Å². The lowest BCUT2D eigenvalue weighted by Gasteiger charge is -2.05. The molecular weight excluding hydrogens is 862 g/mol. The fourth-order valence-corrected chi connectivity index (χ4v) is 9.73. The number of halogens is 1. The van der Waals surface area contributed by atoms with E-state index in [1.54, 1.807) is 18.3 Å². The molecule has 0 saturated heterocycles. The van der Waals surface area contributed by atoms with Gasteiger partial charge >= 0.3 is 0 Å². The van der Waals surface area contributed by atoms with Crippen LogP contribution in [-0.2, 0) is 30.8 Å². The van der Waals surface area contributed by atoms with Crippen LogP contribution < -0.4 is 16.0 Å². The number of thiophene rings is 1. The van der Waals surface area contributed by atoms with Crippen LogP contribution >= 0.6 is 22.9 Å². The molecule has 14 nitrogen and oxygen atoms in total. The summed E-state index contributed by atoms with van der Waals surface area (Å²) < 4.78 is 12.3. The Morgan fingerprint density at radius 3 is 1.69 bits per heavy atom. The number of aromatic nitrogens is 6. The fourth-order valence-electron chi connectivity index (χ4n) is 8.63. The number of hydrogen-bond acceptors (Lipinski definition) is 9. The summed E-state index contributed by atoms with van der Waals surface area (Å²) in [6, 6.07) is 32.4. The molecule has 0 spiro atoms. The third-order valence-electron chi connectivity index (χ3n) is 11.6. The van der Waals surface area contributed by atoms with Crippen molar-refractivity contribution in [3.05, 3.63) is 136 Å². The number of aryl methyl sites for hydroxylation is 2. The number of ketones is 1. The molecule has 0 unspecified atom stereocenters. The molecule has 16 heteroatoms. The van der Waals surface area contributed by atoms with Crippen LogP contribution in [0, 0.1) is 6.92 Å². The van der Waals surface area contributed by atoms with E-state index in [1.807, 2.05) is 95.6 Å². The summed E-state index contributed by atoms with van der Waals surface area (Å²) in [4.78, 5) is 63.9. The Labute approximate surface area is 381 Å². The molecule has 326 valence electrons. The molecule has 9 aromatic rings. The number of para-hydroxylation sites is 3. The number of amides is 3. The molecule has 3 aliphatic rings. The van der Waals surface area contributed by atoms with Crippen LogP contribution in [0.1, 0.15) is 55.1 Å². The second-order valence-electron chi connectivity index (χ2n) is 15.9. The van der Waals surface area contributed by atoms with Gasteiger partial charge in [0.05, 0.1) is 59.7 Å². The molecule has 3 aliphatic heterocycles. The first-order valence-electron chi connectivity index (χ1n) is 21.4. The number of carbonyl (C=O) groups is 4. The maximum atomic E-state index is 12.3. The first kappa shape index (κ1) is 41.6. The van der Waals surface area contributed by atoms with Gasteiger partial charge in [-0.05, 0) is 86.6 Å². The lowest BCUT2D eigenvalue weighted by molar-refractivity contribution is -0.117. The van der Waals surface area contributed by atoms with Gasteiger partial charge in [-0.2, -0.15) is 0 Å². The van der Waals surface area contributed by atoms with Crippen LogP contribution in [0.25, 0.3) is 66.7 Å². The van der Waals surface area contributed by atoms with E-state index in [9.17, 15) is 19.2 Å². The highest BCUT2D eigenvalue weighted by Crippen LogP contribution is 2.35. The first-order valence-corrected chi connectivity index (χ1v) is 22.5. The zero-order chi connectivity index (χ0) is 44.8. The Balaban J connectivity index is 0.000000117. The standard InChI is InChI=1S/C20H14ClN3O2.C15H13N3OS.C14H15N3O2/c21-14-6-2-1-4-12(14)16-8-9-17(26-16)19-23-15-7-3-5-13-18(15)24(19)11-10-22-20(13)25;1-9-5-6-12(20-9)14-17-11-4-2-3-10-13(11)18(14)8-7-16-15(10)19;1-9(18)5-6-12-16-11-4-2-3-10-13(11)17(12)8-7-15-14(10)19/h1-9H,10-11H2,(H,22,25);2-6H,7-8H2,1H3,(H,16,19);2-4H,5-8H2,1H3,(H,15,19). The molecule has 0 atom stereocenters. The maximum Gasteiger partial charge on any atom is 0.253 e. The predicted molar refractivity (Wildman–Crippen MR) is 251 cm³/mol. The number of rotatable bonds is 6. The highest BCUT2D eigenvalue weighted by molar-refractivity contribution is 7.15. The molecule has 12 rings (SSSR count). The summed E-state index contributed by atoms with van der Waals surface area (Å²) in [5.41, 5.74) is 8.02. The monoisotopic (exact) mass is 903 g/mol. The zero-order valence-electron chi connectivity index (χ0n) is 35.5. The number of nitrogens with one attached hydrogen (secondary N) is 3. The van der Waals surface area contributed by atoms with Crippen molar-refractivity contribution in [2.24, 2.45) is 0 Å². The van der Waals surface area contributed by atoms with E-state index < -0.39 is 0 Å². The summed E-state index contributed by atoms with van der Waals surface area (Å²) >= 11 is 8.01. The van der Waals surface area contributed by atoms with Gasteiger partial charge in [0.15, 0.2) is 17.4 Å². The first-order chi connectivity index (χ1) is 31.6. The van der Waals surface area contributed by atoms with Crippen molar-refractivity contribution >= 4 is 79.5 Å². The highest BCUT2D eigenvalue weighted by atomic mass is 35.5. The van der Waals surface area contributed by atoms with Gasteiger partial charge in [-0.15, -0.1) is 11.3 Å². The summed E-state index contributed by atoms with van der Waals surface area (Å²) in [6.07, 6.45) is 1.11. The molecule has 0 aliphatic carbocycles. The Bertz CT molecular complexity index is 3360. The fraction of sp³-hybridized carbons (Fsp3) is 0.204. The van der Waals surface area contributed by atoms with E-state index in [4.69, 9.17) is 26.0 Å². The second kappa shape index (κ2) is 17.3. The van der Waals surface area contributed by atoms with Crippen molar-refractivity contribution in [3.63, 3.8) is 0 Å². The SMILES string of the molecule is CC(=O)CCc1nc2cccc3c2n1CCNC3=O.Cc1ccc(-c2nc3cccc4c3n2CCNC4=O)s1.O=C1NCCn2c(-c3ccc(-c4ccccc4Cl)o3)nc3cccc1c32. The number of furan rings is 1. The van der Waals surface area contributed by atoms with Crippen LogP contribution in [0.3, 0.4) is 0 Å². The Morgan fingerprint density at radius 1 is 0.615 bits per heavy atom. The van der Waals surface area contributed by atoms with Gasteiger partial charge in [0.25, 0.3) is 17.7 Å². The van der Waals surface area contributed by atoms with Gasteiger partial charge < -0.3 is 38.9 Å². The van der Waals surface area contributed by atoms with Gasteiger partial charge in [-0.3, -0.25) is 14.4 Å². The van der Waals surface area contributed by atoms with E-state index in [0.717, 1.165) is 61.7 Å². The van der Waals surface area contributed by atoms with Crippen LogP contribution in [0.4, 0.5) is 0 Å². The van der Waals surface area contributed by atoms with Crippen molar-refractivity contribution in [2.75, 3.05) is 19.6 Å². The van der Waals surface area contributed by atoms with Gasteiger partial charge in [0.2, 0.25) is 0 Å². The third kappa shape index (κ3) is 7.86. The number of Topliss-reactive ketones (excluding diaryl/α,β-unsaturated/α-hetero) is 1. The molecule has 0 saturated carbocycles. The summed E-state index contributed by atoms with van der Waals surface area (Å²) in [6.45, 7) is 7.54. The molecule has 0 fully saturated rings. The molecular formula is C49H42ClN9O5S. The molecule has 5 aromatic heterocycles. The van der Waals surface area contributed by atoms with Crippen LogP contribution in [0.5, 0.6) is 0 Å². The summed E-state index contributed by atoms with van der Waals surface area (Å²) in [5.74, 6) is 3.91. The average molecular weight is 904 g/mol. The Morgan fingerprint density at radius 2 is 1.12 bits per heavy atom. The summed E-state index contributed by atoms with van der Waals surface area (Å²) in [5, 5.41) is 9.37. The number of hydrogen-bond donors (Lipinski definition) is 3. The quantitative estimate of drug-likeness (QED) is 0.149. The molecule has 4 aromatic carbocycles. The largest absolute Gasteiger partial charge is 0.453 e. The minimum absolute atomic E-state index is 0.0110. The van der Waals surface area contributed by atoms with Crippen molar-refractivity contribution in [1.29, 1.82) is 0 Å². The molecule has 0 radical (unpaired) electrons. The maximum absolute atomic E-state index is 12.3. The number of imidazole rings is 3. The molecule has 65 heavy (non-hydrogen) atoms. The third-order valence-corrected chi connectivity index (χ3v) is 12.9. The lowest BCUT2D eigenvalue weighted by Crippen LogP contribution is -2.24. The van der Waals surface area contributed by atoms with Crippen molar-refractivity contribution in [2.45, 2.75) is 46.3 Å². The Hall–Kier alpha value is -7.36. The van der Waals surface area contributed by atoms with Crippen molar-refractivity contribution in [3.8, 4) is 33.6 Å². The highest BCUT2D eigenvalue weighted by Gasteiger charge is 2.25. The number of carbonyl (C=O) groups excluding carboxylic acids is 4. The zero-order valence-corrected chi connectivity index (χ0v) is 37.1.